The summed E-state index contributed by atoms with van der Waals surface area (Å²) in [5, 5.41) is 6.89. The predicted molar refractivity (Wildman–Crippen MR) is 43.1 cm³/mol. The van der Waals surface area contributed by atoms with Gasteiger partial charge in [-0.05, 0) is 0 Å². The Kier molecular flexibility index (Phi) is 19.2. The van der Waals surface area contributed by atoms with Crippen LogP contribution in [0.2, 0.25) is 0 Å². The van der Waals surface area contributed by atoms with Crippen LogP contribution in [0.5, 0.6) is 0 Å². The Morgan fingerprint density at radius 3 is 1.60 bits per heavy atom. The normalized spacial score (nSPS) is 7.80. The number of carbonyl (C=O) groups is 1. The molecule has 0 saturated carbocycles. The molecule has 1 N–H and O–H groups in total. The first-order valence-electron chi connectivity index (χ1n) is 3.91. The smallest absolute Gasteiger partial charge is 0.290 e. The molecule has 0 aromatic rings. The van der Waals surface area contributed by atoms with Gasteiger partial charge in [-0.2, -0.15) is 0 Å². The first-order valence-corrected chi connectivity index (χ1v) is 3.91. The molecule has 2 heteroatoms. The first kappa shape index (κ1) is 12.2. The molecular formula is C8H18O2. The zero-order valence-electron chi connectivity index (χ0n) is 6.97. The van der Waals surface area contributed by atoms with Crippen molar-refractivity contribution in [2.75, 3.05) is 0 Å². The van der Waals surface area contributed by atoms with E-state index in [-0.39, 0.29) is 6.47 Å². The van der Waals surface area contributed by atoms with Gasteiger partial charge in [0.15, 0.2) is 0 Å². The van der Waals surface area contributed by atoms with Crippen molar-refractivity contribution in [3.05, 3.63) is 0 Å². The molecule has 0 rings (SSSR count). The van der Waals surface area contributed by atoms with Crippen molar-refractivity contribution in [1.29, 1.82) is 0 Å². The van der Waals surface area contributed by atoms with Gasteiger partial charge in [0, 0.05) is 0 Å². The molecule has 0 aromatic carbocycles. The molecule has 0 aliphatic rings. The lowest BCUT2D eigenvalue weighted by molar-refractivity contribution is -0.122. The van der Waals surface area contributed by atoms with Crippen molar-refractivity contribution in [3.8, 4) is 0 Å². The Labute approximate surface area is 63.3 Å². The van der Waals surface area contributed by atoms with Gasteiger partial charge >= 0.3 is 0 Å². The summed E-state index contributed by atoms with van der Waals surface area (Å²) in [6, 6.07) is 0. The Balaban J connectivity index is 0. The van der Waals surface area contributed by atoms with Gasteiger partial charge in [-0.1, -0.05) is 46.0 Å². The van der Waals surface area contributed by atoms with Crippen molar-refractivity contribution in [1.82, 2.24) is 0 Å². The van der Waals surface area contributed by atoms with E-state index < -0.39 is 0 Å². The molecule has 0 unspecified atom stereocenters. The van der Waals surface area contributed by atoms with Crippen LogP contribution in [0, 0.1) is 0 Å². The van der Waals surface area contributed by atoms with Crippen LogP contribution >= 0.6 is 0 Å². The minimum absolute atomic E-state index is 0.250. The number of rotatable bonds is 4. The number of carboxylic acid groups (broad SMARTS) is 1. The van der Waals surface area contributed by atoms with Crippen molar-refractivity contribution in [2.45, 2.75) is 46.0 Å². The van der Waals surface area contributed by atoms with Crippen LogP contribution in [-0.4, -0.2) is 11.6 Å². The predicted octanol–water partition coefficient (Wildman–Crippen LogP) is 2.68. The summed E-state index contributed by atoms with van der Waals surface area (Å²) in [5.41, 5.74) is 0. The maximum Gasteiger partial charge on any atom is 0.290 e. The van der Waals surface area contributed by atoms with E-state index in [0.717, 1.165) is 0 Å². The summed E-state index contributed by atoms with van der Waals surface area (Å²) in [4.78, 5) is 8.36. The van der Waals surface area contributed by atoms with Gasteiger partial charge in [-0.25, -0.2) is 0 Å². The maximum atomic E-state index is 8.36. The first-order chi connectivity index (χ1) is 4.83. The minimum Gasteiger partial charge on any atom is -0.483 e. The van der Waals surface area contributed by atoms with E-state index in [1.165, 1.54) is 32.1 Å². The Morgan fingerprint density at radius 2 is 1.40 bits per heavy atom. The molecule has 0 atom stereocenters. The molecule has 10 heavy (non-hydrogen) atoms. The van der Waals surface area contributed by atoms with Crippen LogP contribution in [0.25, 0.3) is 0 Å². The monoisotopic (exact) mass is 146 g/mol. The number of hydrogen-bond donors (Lipinski definition) is 1. The Bertz CT molecular complexity index is 49.2. The van der Waals surface area contributed by atoms with Gasteiger partial charge in [0.05, 0.1) is 0 Å². The summed E-state index contributed by atoms with van der Waals surface area (Å²) < 4.78 is 0. The maximum absolute atomic E-state index is 8.36. The van der Waals surface area contributed by atoms with E-state index in [1.54, 1.807) is 0 Å². The van der Waals surface area contributed by atoms with Gasteiger partial charge < -0.3 is 5.11 Å². The van der Waals surface area contributed by atoms with Crippen LogP contribution < -0.4 is 0 Å². The van der Waals surface area contributed by atoms with E-state index in [2.05, 4.69) is 13.8 Å². The molecular weight excluding hydrogens is 128 g/mol. The van der Waals surface area contributed by atoms with E-state index in [1.807, 2.05) is 0 Å². The summed E-state index contributed by atoms with van der Waals surface area (Å²) in [6.07, 6.45) is 7.01. The molecule has 0 aromatic heterocycles. The highest BCUT2D eigenvalue weighted by Gasteiger charge is 1.80. The second-order valence-corrected chi connectivity index (χ2v) is 2.17. The Morgan fingerprint density at radius 1 is 1.10 bits per heavy atom. The number of unbranched alkanes of at least 4 members (excludes halogenated alkanes) is 4. The van der Waals surface area contributed by atoms with Crippen molar-refractivity contribution >= 4 is 6.47 Å². The second-order valence-electron chi connectivity index (χ2n) is 2.17. The molecule has 0 fully saturated rings. The minimum atomic E-state index is -0.250. The van der Waals surface area contributed by atoms with Crippen LogP contribution in [0.15, 0.2) is 0 Å². The average molecular weight is 146 g/mol. The van der Waals surface area contributed by atoms with Crippen LogP contribution in [-0.2, 0) is 4.79 Å². The topological polar surface area (TPSA) is 37.3 Å². The average Bonchev–Trinajstić information content (AvgIpc) is 1.91. The van der Waals surface area contributed by atoms with Crippen molar-refractivity contribution in [3.63, 3.8) is 0 Å². The fourth-order valence-corrected chi connectivity index (χ4v) is 0.677. The lowest BCUT2D eigenvalue weighted by atomic mass is 10.2. The highest BCUT2D eigenvalue weighted by atomic mass is 16.3. The molecule has 0 amide bonds. The lowest BCUT2D eigenvalue weighted by Gasteiger charge is -1.90. The third-order valence-corrected chi connectivity index (χ3v) is 1.21. The van der Waals surface area contributed by atoms with E-state index in [9.17, 15) is 0 Å². The summed E-state index contributed by atoms with van der Waals surface area (Å²) in [7, 11) is 0. The molecule has 2 nitrogen and oxygen atoms in total. The van der Waals surface area contributed by atoms with E-state index >= 15 is 0 Å². The summed E-state index contributed by atoms with van der Waals surface area (Å²) in [5.74, 6) is 0. The molecule has 0 radical (unpaired) electrons. The molecule has 0 saturated heterocycles. The lowest BCUT2D eigenvalue weighted by Crippen LogP contribution is -1.70. The van der Waals surface area contributed by atoms with Gasteiger partial charge in [-0.3, -0.25) is 4.79 Å². The van der Waals surface area contributed by atoms with E-state index in [0.29, 0.717) is 0 Å². The SMILES string of the molecule is CCCCCCC.O=CO. The summed E-state index contributed by atoms with van der Waals surface area (Å²) in [6.45, 7) is 4.24. The fourth-order valence-electron chi connectivity index (χ4n) is 0.677. The highest BCUT2D eigenvalue weighted by molar-refractivity contribution is 5.32. The van der Waals surface area contributed by atoms with Crippen LogP contribution in [0.3, 0.4) is 0 Å². The zero-order chi connectivity index (χ0) is 8.24. The van der Waals surface area contributed by atoms with E-state index in [4.69, 9.17) is 9.90 Å². The molecule has 0 heterocycles. The van der Waals surface area contributed by atoms with Crippen LogP contribution in [0.1, 0.15) is 46.0 Å². The van der Waals surface area contributed by atoms with Gasteiger partial charge in [-0.15, -0.1) is 0 Å². The quantitative estimate of drug-likeness (QED) is 0.489. The van der Waals surface area contributed by atoms with Gasteiger partial charge in [0.1, 0.15) is 0 Å². The van der Waals surface area contributed by atoms with Gasteiger partial charge in [0.25, 0.3) is 6.47 Å². The molecule has 62 valence electrons. The Hall–Kier alpha value is -0.530. The van der Waals surface area contributed by atoms with Gasteiger partial charge in [0.2, 0.25) is 0 Å². The summed E-state index contributed by atoms with van der Waals surface area (Å²) >= 11 is 0. The fraction of sp³-hybridized carbons (Fsp3) is 0.875. The van der Waals surface area contributed by atoms with Crippen LogP contribution in [0.4, 0.5) is 0 Å². The number of hydrogen-bond acceptors (Lipinski definition) is 1. The largest absolute Gasteiger partial charge is 0.483 e. The third kappa shape index (κ3) is 26.0. The molecule has 0 bridgehead atoms. The second kappa shape index (κ2) is 15.8. The molecule has 0 aliphatic carbocycles. The third-order valence-electron chi connectivity index (χ3n) is 1.21. The molecule has 0 aliphatic heterocycles. The van der Waals surface area contributed by atoms with Crippen molar-refractivity contribution < 1.29 is 9.90 Å². The molecule has 0 spiro atoms. The highest BCUT2D eigenvalue weighted by Crippen LogP contribution is 2.00. The standard InChI is InChI=1S/C7H16.CH2O2/c1-3-5-7-6-4-2;2-1-3/h3-7H2,1-2H3;1H,(H,2,3). The zero-order valence-corrected chi connectivity index (χ0v) is 6.97. The van der Waals surface area contributed by atoms with Crippen molar-refractivity contribution in [2.24, 2.45) is 0 Å².